The van der Waals surface area contributed by atoms with Crippen molar-refractivity contribution in [3.05, 3.63) is 65.2 Å². The van der Waals surface area contributed by atoms with Crippen molar-refractivity contribution in [2.45, 2.75) is 71.6 Å². The molecular weight excluding hydrogens is 488 g/mol. The first kappa shape index (κ1) is 26.8. The number of benzene rings is 2. The molecule has 0 aromatic heterocycles. The molecule has 204 valence electrons. The maximum absolute atomic E-state index is 13.0. The quantitative estimate of drug-likeness (QED) is 0.490. The summed E-state index contributed by atoms with van der Waals surface area (Å²) in [7, 11) is 0. The van der Waals surface area contributed by atoms with E-state index in [0.717, 1.165) is 41.8 Å². The Morgan fingerprint density at radius 1 is 1.10 bits per heavy atom. The molecule has 7 nitrogen and oxygen atoms in total. The summed E-state index contributed by atoms with van der Waals surface area (Å²) in [5, 5.41) is 13.0. The van der Waals surface area contributed by atoms with Crippen LogP contribution in [0.5, 0.6) is 0 Å². The Balaban J connectivity index is 1.48. The fourth-order valence-corrected chi connectivity index (χ4v) is 6.01. The molecule has 2 aliphatic heterocycles. The number of hydrogen-bond acceptors (Lipinski definition) is 5. The van der Waals surface area contributed by atoms with E-state index in [2.05, 4.69) is 42.6 Å². The molecule has 2 amide bonds. The van der Waals surface area contributed by atoms with Crippen LogP contribution < -0.4 is 10.2 Å². The van der Waals surface area contributed by atoms with Crippen LogP contribution in [0.25, 0.3) is 5.57 Å². The van der Waals surface area contributed by atoms with Crippen molar-refractivity contribution >= 4 is 28.9 Å². The third-order valence-electron chi connectivity index (χ3n) is 8.00. The van der Waals surface area contributed by atoms with Crippen LogP contribution in [-0.4, -0.2) is 41.6 Å². The van der Waals surface area contributed by atoms with Gasteiger partial charge >= 0.3 is 6.09 Å². The van der Waals surface area contributed by atoms with Crippen LogP contribution in [0.1, 0.15) is 76.6 Å². The first-order valence-corrected chi connectivity index (χ1v) is 13.9. The van der Waals surface area contributed by atoms with Gasteiger partial charge in [0, 0.05) is 43.3 Å². The second-order valence-corrected chi connectivity index (χ2v) is 12.1. The van der Waals surface area contributed by atoms with E-state index in [-0.39, 0.29) is 30.0 Å². The zero-order valence-electron chi connectivity index (χ0n) is 23.5. The molecule has 1 N–H and O–H groups in total. The third kappa shape index (κ3) is 5.66. The van der Waals surface area contributed by atoms with Crippen LogP contribution in [0.15, 0.2) is 48.5 Å². The van der Waals surface area contributed by atoms with E-state index in [9.17, 15) is 14.9 Å². The van der Waals surface area contributed by atoms with Gasteiger partial charge in [0.05, 0.1) is 17.7 Å². The molecule has 1 saturated carbocycles. The zero-order chi connectivity index (χ0) is 27.9. The topological polar surface area (TPSA) is 85.7 Å². The molecule has 3 aliphatic rings. The summed E-state index contributed by atoms with van der Waals surface area (Å²) in [6.07, 6.45) is 4.86. The average molecular weight is 527 g/mol. The van der Waals surface area contributed by atoms with Gasteiger partial charge in [-0.05, 0) is 99.0 Å². The van der Waals surface area contributed by atoms with Crippen molar-refractivity contribution in [2.75, 3.05) is 23.3 Å². The number of carbonyl (C=O) groups is 2. The minimum Gasteiger partial charge on any atom is -0.444 e. The number of nitrogens with one attached hydrogen (secondary N) is 1. The number of carbonyl (C=O) groups excluding carboxylic acids is 2. The SMILES string of the molecule is CC(=O)N1c2ccc(C3=CCN(C(=O)OC(C)(C)C)CC3)cc2C(Nc2ccc(C#N)cc2)[C@@H](C)C1C1CC1. The van der Waals surface area contributed by atoms with E-state index < -0.39 is 5.60 Å². The van der Waals surface area contributed by atoms with Gasteiger partial charge in [-0.1, -0.05) is 19.1 Å². The van der Waals surface area contributed by atoms with Gasteiger partial charge in [-0.2, -0.15) is 5.26 Å². The molecule has 1 aliphatic carbocycles. The van der Waals surface area contributed by atoms with Crippen molar-refractivity contribution in [3.63, 3.8) is 0 Å². The van der Waals surface area contributed by atoms with Gasteiger partial charge in [0.1, 0.15) is 5.60 Å². The van der Waals surface area contributed by atoms with Crippen molar-refractivity contribution in [1.29, 1.82) is 5.26 Å². The van der Waals surface area contributed by atoms with Crippen LogP contribution in [-0.2, 0) is 9.53 Å². The molecule has 0 spiro atoms. The third-order valence-corrected chi connectivity index (χ3v) is 8.00. The number of fused-ring (bicyclic) bond motifs is 1. The van der Waals surface area contributed by atoms with Crippen LogP contribution in [0, 0.1) is 23.2 Å². The highest BCUT2D eigenvalue weighted by Gasteiger charge is 2.47. The molecular formula is C32H38N4O3. The monoisotopic (exact) mass is 526 g/mol. The molecule has 5 rings (SSSR count). The van der Waals surface area contributed by atoms with E-state index in [1.807, 2.05) is 49.9 Å². The van der Waals surface area contributed by atoms with E-state index >= 15 is 0 Å². The van der Waals surface area contributed by atoms with Gasteiger partial charge < -0.3 is 19.9 Å². The number of anilines is 2. The zero-order valence-corrected chi connectivity index (χ0v) is 23.5. The molecule has 2 aromatic rings. The smallest absolute Gasteiger partial charge is 0.410 e. The Labute approximate surface area is 231 Å². The largest absolute Gasteiger partial charge is 0.444 e. The van der Waals surface area contributed by atoms with Gasteiger partial charge in [-0.25, -0.2) is 4.79 Å². The number of nitrogens with zero attached hydrogens (tertiary/aromatic N) is 3. The first-order chi connectivity index (χ1) is 18.6. The molecule has 2 aromatic carbocycles. The second-order valence-electron chi connectivity index (χ2n) is 12.1. The summed E-state index contributed by atoms with van der Waals surface area (Å²) in [6, 6.07) is 16.3. The predicted octanol–water partition coefficient (Wildman–Crippen LogP) is 6.52. The standard InChI is InChI=1S/C32H38N4O3/c1-20-29(34-26-11-6-22(19-33)7-12-26)27-18-25(10-13-28(27)36(21(2)37)30(20)24-8-9-24)23-14-16-35(17-15-23)31(38)39-32(3,4)5/h6-7,10-14,18,20,24,29-30,34H,8-9,15-17H2,1-5H3/t20-,29?,30?/m1/s1. The lowest BCUT2D eigenvalue weighted by molar-refractivity contribution is -0.117. The molecule has 0 bridgehead atoms. The summed E-state index contributed by atoms with van der Waals surface area (Å²) in [5.74, 6) is 0.791. The molecule has 0 radical (unpaired) electrons. The normalized spacial score (nSPS) is 22.9. The van der Waals surface area contributed by atoms with Gasteiger partial charge in [0.2, 0.25) is 5.91 Å². The number of amides is 2. The van der Waals surface area contributed by atoms with Crippen LogP contribution in [0.2, 0.25) is 0 Å². The highest BCUT2D eigenvalue weighted by atomic mass is 16.6. The van der Waals surface area contributed by atoms with E-state index in [0.29, 0.717) is 24.6 Å². The Kier molecular flexibility index (Phi) is 7.15. The Morgan fingerprint density at radius 2 is 1.82 bits per heavy atom. The summed E-state index contributed by atoms with van der Waals surface area (Å²) in [6.45, 7) is 10.7. The summed E-state index contributed by atoms with van der Waals surface area (Å²) in [5.41, 5.74) is 5.45. The Hall–Kier alpha value is -3.79. The molecule has 1 fully saturated rings. The molecule has 39 heavy (non-hydrogen) atoms. The molecule has 7 heteroatoms. The Morgan fingerprint density at radius 3 is 2.38 bits per heavy atom. The lowest BCUT2D eigenvalue weighted by Crippen LogP contribution is -2.51. The lowest BCUT2D eigenvalue weighted by Gasteiger charge is -2.46. The van der Waals surface area contributed by atoms with Gasteiger partial charge in [0.15, 0.2) is 0 Å². The average Bonchev–Trinajstić information content (AvgIpc) is 3.74. The number of nitriles is 1. The lowest BCUT2D eigenvalue weighted by atomic mass is 9.78. The van der Waals surface area contributed by atoms with Crippen molar-refractivity contribution in [2.24, 2.45) is 11.8 Å². The summed E-state index contributed by atoms with van der Waals surface area (Å²) < 4.78 is 5.55. The predicted molar refractivity (Wildman–Crippen MR) is 153 cm³/mol. The minimum absolute atomic E-state index is 0.0107. The van der Waals surface area contributed by atoms with Crippen molar-refractivity contribution in [1.82, 2.24) is 4.90 Å². The van der Waals surface area contributed by atoms with Crippen molar-refractivity contribution < 1.29 is 14.3 Å². The highest BCUT2D eigenvalue weighted by Crippen LogP contribution is 2.50. The van der Waals surface area contributed by atoms with E-state index in [4.69, 9.17) is 4.74 Å². The molecule has 2 unspecified atom stereocenters. The molecule has 3 atom stereocenters. The summed E-state index contributed by atoms with van der Waals surface area (Å²) in [4.78, 5) is 29.3. The van der Waals surface area contributed by atoms with Crippen LogP contribution in [0.3, 0.4) is 0 Å². The maximum Gasteiger partial charge on any atom is 0.410 e. The van der Waals surface area contributed by atoms with Crippen molar-refractivity contribution in [3.8, 4) is 6.07 Å². The van der Waals surface area contributed by atoms with E-state index in [1.54, 1.807) is 11.8 Å². The summed E-state index contributed by atoms with van der Waals surface area (Å²) >= 11 is 0. The fourth-order valence-electron chi connectivity index (χ4n) is 6.01. The van der Waals surface area contributed by atoms with Gasteiger partial charge in [0.25, 0.3) is 0 Å². The molecule has 0 saturated heterocycles. The van der Waals surface area contributed by atoms with Crippen LogP contribution >= 0.6 is 0 Å². The molecule has 2 heterocycles. The van der Waals surface area contributed by atoms with E-state index in [1.165, 1.54) is 5.57 Å². The highest BCUT2D eigenvalue weighted by molar-refractivity contribution is 5.94. The number of ether oxygens (including phenoxy) is 1. The minimum atomic E-state index is -0.520. The van der Waals surface area contributed by atoms with Gasteiger partial charge in [-0.15, -0.1) is 0 Å². The number of hydrogen-bond donors (Lipinski definition) is 1. The second kappa shape index (κ2) is 10.4. The first-order valence-electron chi connectivity index (χ1n) is 13.9. The van der Waals surface area contributed by atoms with Gasteiger partial charge in [-0.3, -0.25) is 4.79 Å². The van der Waals surface area contributed by atoms with Crippen LogP contribution in [0.4, 0.5) is 16.2 Å². The number of rotatable bonds is 4. The Bertz CT molecular complexity index is 1330. The fraction of sp³-hybridized carbons (Fsp3) is 0.469. The maximum atomic E-state index is 13.0.